The van der Waals surface area contributed by atoms with Crippen LogP contribution in [-0.4, -0.2) is 14.7 Å². The van der Waals surface area contributed by atoms with E-state index in [1.54, 1.807) is 41.1 Å². The third-order valence-corrected chi connectivity index (χ3v) is 4.91. The van der Waals surface area contributed by atoms with E-state index in [2.05, 4.69) is 0 Å². The van der Waals surface area contributed by atoms with Crippen molar-refractivity contribution in [3.05, 3.63) is 99.3 Å². The second kappa shape index (κ2) is 7.48. The average Bonchev–Trinajstić information content (AvgIpc) is 3.06. The molecule has 0 aliphatic rings. The van der Waals surface area contributed by atoms with Gasteiger partial charge in [-0.25, -0.2) is 9.07 Å². The maximum atomic E-state index is 13.5. The van der Waals surface area contributed by atoms with Gasteiger partial charge >= 0.3 is 0 Å². The average molecular weight is 408 g/mol. The molecule has 0 unspecified atom stereocenters. The van der Waals surface area contributed by atoms with Gasteiger partial charge in [-0.1, -0.05) is 23.7 Å². The highest BCUT2D eigenvalue weighted by Gasteiger charge is 2.19. The molecule has 0 spiro atoms. The van der Waals surface area contributed by atoms with Crippen LogP contribution in [0.25, 0.3) is 28.2 Å². The first-order chi connectivity index (χ1) is 13.9. The first-order valence-corrected chi connectivity index (χ1v) is 9.18. The van der Waals surface area contributed by atoms with Gasteiger partial charge in [0, 0.05) is 33.8 Å². The molecule has 0 aliphatic carbocycles. The number of rotatable bonds is 4. The molecular weight excluding hydrogens is 393 g/mol. The van der Waals surface area contributed by atoms with Crippen LogP contribution in [0.2, 0.25) is 5.02 Å². The summed E-state index contributed by atoms with van der Waals surface area (Å²) in [4.78, 5) is 10.5. The molecule has 0 fully saturated rings. The molecule has 1 aromatic heterocycles. The molecule has 3 aromatic carbocycles. The van der Waals surface area contributed by atoms with E-state index in [9.17, 15) is 14.5 Å². The topological polar surface area (TPSA) is 61.0 Å². The van der Waals surface area contributed by atoms with Crippen LogP contribution < -0.4 is 0 Å². The number of benzene rings is 3. The van der Waals surface area contributed by atoms with Gasteiger partial charge in [-0.2, -0.15) is 5.10 Å². The van der Waals surface area contributed by atoms with Gasteiger partial charge in [0.2, 0.25) is 0 Å². The maximum absolute atomic E-state index is 13.5. The molecule has 29 heavy (non-hydrogen) atoms. The Morgan fingerprint density at radius 2 is 1.52 bits per heavy atom. The van der Waals surface area contributed by atoms with Gasteiger partial charge < -0.3 is 0 Å². The second-order valence-corrected chi connectivity index (χ2v) is 6.96. The zero-order valence-electron chi connectivity index (χ0n) is 15.3. The van der Waals surface area contributed by atoms with Crippen LogP contribution in [0.15, 0.2) is 72.8 Å². The molecule has 0 amide bonds. The molecule has 0 radical (unpaired) electrons. The number of nitro groups is 1. The van der Waals surface area contributed by atoms with Crippen LogP contribution in [0.4, 0.5) is 10.1 Å². The van der Waals surface area contributed by atoms with Crippen LogP contribution in [0.3, 0.4) is 0 Å². The predicted octanol–water partition coefficient (Wildman–Crippen LogP) is 6.22. The first-order valence-electron chi connectivity index (χ1n) is 8.80. The van der Waals surface area contributed by atoms with Crippen molar-refractivity contribution in [2.45, 2.75) is 6.92 Å². The van der Waals surface area contributed by atoms with Gasteiger partial charge in [-0.3, -0.25) is 10.1 Å². The number of aromatic nitrogens is 2. The Hall–Kier alpha value is -3.51. The van der Waals surface area contributed by atoms with E-state index < -0.39 is 4.92 Å². The summed E-state index contributed by atoms with van der Waals surface area (Å²) in [6.07, 6.45) is 0. The van der Waals surface area contributed by atoms with Crippen molar-refractivity contribution >= 4 is 17.3 Å². The molecule has 0 atom stereocenters. The lowest BCUT2D eigenvalue weighted by Gasteiger charge is -2.09. The quantitative estimate of drug-likeness (QED) is 0.298. The molecule has 0 saturated carbocycles. The van der Waals surface area contributed by atoms with Crippen molar-refractivity contribution in [2.75, 3.05) is 0 Å². The minimum absolute atomic E-state index is 0.00103. The van der Waals surface area contributed by atoms with E-state index in [1.807, 2.05) is 19.1 Å². The Morgan fingerprint density at radius 1 is 0.931 bits per heavy atom. The summed E-state index contributed by atoms with van der Waals surface area (Å²) in [6.45, 7) is 1.94. The Labute approximate surface area is 171 Å². The minimum Gasteiger partial charge on any atom is -0.258 e. The SMILES string of the molecule is Cc1c(-c2ccc(Cl)cc2)nn(-c2ccc([N+](=O)[O-])cc2)c1-c1ccc(F)cc1. The van der Waals surface area contributed by atoms with Gasteiger partial charge in [0.05, 0.1) is 22.0 Å². The molecule has 1 heterocycles. The van der Waals surface area contributed by atoms with E-state index in [0.717, 1.165) is 28.1 Å². The number of non-ortho nitro benzene ring substituents is 1. The minimum atomic E-state index is -0.446. The number of hydrogen-bond donors (Lipinski definition) is 0. The Bertz CT molecular complexity index is 1180. The summed E-state index contributed by atoms with van der Waals surface area (Å²) in [5.41, 5.74) is 4.77. The summed E-state index contributed by atoms with van der Waals surface area (Å²) >= 11 is 6.01. The van der Waals surface area contributed by atoms with Crippen LogP contribution in [-0.2, 0) is 0 Å². The third-order valence-electron chi connectivity index (χ3n) is 4.66. The fourth-order valence-electron chi connectivity index (χ4n) is 3.23. The Kier molecular flexibility index (Phi) is 4.86. The first kappa shape index (κ1) is 18.8. The Balaban J connectivity index is 1.92. The van der Waals surface area contributed by atoms with Gasteiger partial charge in [0.1, 0.15) is 5.82 Å². The Morgan fingerprint density at radius 3 is 2.10 bits per heavy atom. The summed E-state index contributed by atoms with van der Waals surface area (Å²) < 4.78 is 15.2. The number of nitro benzene ring substituents is 1. The number of halogens is 2. The molecule has 4 aromatic rings. The molecule has 4 rings (SSSR count). The fourth-order valence-corrected chi connectivity index (χ4v) is 3.35. The summed E-state index contributed by atoms with van der Waals surface area (Å²) in [6, 6.07) is 19.7. The van der Waals surface area contributed by atoms with Crippen LogP contribution in [0.5, 0.6) is 0 Å². The van der Waals surface area contributed by atoms with E-state index in [4.69, 9.17) is 16.7 Å². The molecular formula is C22H15ClFN3O2. The van der Waals surface area contributed by atoms with E-state index in [0.29, 0.717) is 10.7 Å². The highest BCUT2D eigenvalue weighted by molar-refractivity contribution is 6.30. The largest absolute Gasteiger partial charge is 0.269 e. The maximum Gasteiger partial charge on any atom is 0.269 e. The smallest absolute Gasteiger partial charge is 0.258 e. The summed E-state index contributed by atoms with van der Waals surface area (Å²) in [5.74, 6) is -0.328. The standard InChI is InChI=1S/C22H15ClFN3O2/c1-14-21(15-2-6-17(23)7-3-15)25-26(19-10-12-20(13-11-19)27(28)29)22(14)16-4-8-18(24)9-5-16/h2-13H,1H3. The summed E-state index contributed by atoms with van der Waals surface area (Å²) in [7, 11) is 0. The van der Waals surface area contributed by atoms with Crippen molar-refractivity contribution in [3.8, 4) is 28.2 Å². The van der Waals surface area contributed by atoms with Crippen LogP contribution in [0, 0.1) is 22.9 Å². The zero-order valence-corrected chi connectivity index (χ0v) is 16.1. The van der Waals surface area contributed by atoms with E-state index in [1.165, 1.54) is 24.3 Å². The highest BCUT2D eigenvalue weighted by atomic mass is 35.5. The summed E-state index contributed by atoms with van der Waals surface area (Å²) in [5, 5.41) is 16.4. The lowest BCUT2D eigenvalue weighted by molar-refractivity contribution is -0.384. The van der Waals surface area contributed by atoms with E-state index >= 15 is 0 Å². The second-order valence-electron chi connectivity index (χ2n) is 6.52. The van der Waals surface area contributed by atoms with Gasteiger partial charge in [0.15, 0.2) is 0 Å². The molecule has 0 aliphatic heterocycles. The lowest BCUT2D eigenvalue weighted by Crippen LogP contribution is -2.00. The van der Waals surface area contributed by atoms with Crippen molar-refractivity contribution < 1.29 is 9.31 Å². The molecule has 0 bridgehead atoms. The van der Waals surface area contributed by atoms with E-state index in [-0.39, 0.29) is 11.5 Å². The lowest BCUT2D eigenvalue weighted by atomic mass is 10.0. The van der Waals surface area contributed by atoms with Crippen molar-refractivity contribution in [1.29, 1.82) is 0 Å². The van der Waals surface area contributed by atoms with Crippen LogP contribution in [0.1, 0.15) is 5.56 Å². The molecule has 7 heteroatoms. The van der Waals surface area contributed by atoms with Crippen molar-refractivity contribution in [2.24, 2.45) is 0 Å². The highest BCUT2D eigenvalue weighted by Crippen LogP contribution is 2.34. The predicted molar refractivity (Wildman–Crippen MR) is 111 cm³/mol. The molecule has 144 valence electrons. The molecule has 5 nitrogen and oxygen atoms in total. The van der Waals surface area contributed by atoms with Crippen molar-refractivity contribution in [3.63, 3.8) is 0 Å². The third kappa shape index (κ3) is 3.62. The van der Waals surface area contributed by atoms with Gasteiger partial charge in [0.25, 0.3) is 5.69 Å². The normalized spacial score (nSPS) is 10.9. The fraction of sp³-hybridized carbons (Fsp3) is 0.0455. The molecule has 0 N–H and O–H groups in total. The molecule has 0 saturated heterocycles. The van der Waals surface area contributed by atoms with Gasteiger partial charge in [-0.15, -0.1) is 0 Å². The van der Waals surface area contributed by atoms with Crippen molar-refractivity contribution in [1.82, 2.24) is 9.78 Å². The van der Waals surface area contributed by atoms with Crippen LogP contribution >= 0.6 is 11.6 Å². The monoisotopic (exact) mass is 407 g/mol. The van der Waals surface area contributed by atoms with Gasteiger partial charge in [-0.05, 0) is 55.5 Å². The zero-order chi connectivity index (χ0) is 20.5. The number of nitrogens with zero attached hydrogens (tertiary/aromatic N) is 3. The number of hydrogen-bond acceptors (Lipinski definition) is 3.